The highest BCUT2D eigenvalue weighted by molar-refractivity contribution is 6.30. The van der Waals surface area contributed by atoms with Gasteiger partial charge in [0, 0.05) is 29.7 Å². The first kappa shape index (κ1) is 16.6. The number of carbonyl (C=O) groups is 1. The van der Waals surface area contributed by atoms with Gasteiger partial charge >= 0.3 is 0 Å². The van der Waals surface area contributed by atoms with E-state index < -0.39 is 5.91 Å². The lowest BCUT2D eigenvalue weighted by Gasteiger charge is -2.23. The summed E-state index contributed by atoms with van der Waals surface area (Å²) >= 11 is 5.99. The molecule has 1 amide bonds. The molecule has 0 bridgehead atoms. The predicted octanol–water partition coefficient (Wildman–Crippen LogP) is 2.00. The van der Waals surface area contributed by atoms with Gasteiger partial charge in [0.15, 0.2) is 11.5 Å². The molecule has 1 aromatic carbocycles. The second-order valence-corrected chi connectivity index (χ2v) is 5.58. The van der Waals surface area contributed by atoms with Gasteiger partial charge in [-0.3, -0.25) is 9.69 Å². The van der Waals surface area contributed by atoms with Crippen LogP contribution in [0.25, 0.3) is 0 Å². The van der Waals surface area contributed by atoms with Crippen molar-refractivity contribution in [2.45, 2.75) is 20.4 Å². The molecule has 0 saturated carbocycles. The fraction of sp³-hybridized carbons (Fsp3) is 0.500. The van der Waals surface area contributed by atoms with Crippen molar-refractivity contribution in [3.8, 4) is 11.5 Å². The van der Waals surface area contributed by atoms with Crippen LogP contribution in [0.15, 0.2) is 12.1 Å². The molecule has 0 aliphatic rings. The van der Waals surface area contributed by atoms with E-state index in [4.69, 9.17) is 22.1 Å². The van der Waals surface area contributed by atoms with Crippen molar-refractivity contribution in [2.75, 3.05) is 20.2 Å². The molecule has 0 spiro atoms. The second kappa shape index (κ2) is 7.36. The molecule has 0 atom stereocenters. The average Bonchev–Trinajstić information content (AvgIpc) is 2.31. The minimum atomic E-state index is -0.404. The number of ether oxygens (including phenoxy) is 1. The number of phenols is 1. The maximum absolute atomic E-state index is 11.1. The molecule has 112 valence electrons. The second-order valence-electron chi connectivity index (χ2n) is 5.15. The number of hydrogen-bond acceptors (Lipinski definition) is 4. The molecule has 1 rings (SSSR count). The van der Waals surface area contributed by atoms with Gasteiger partial charge in [-0.2, -0.15) is 0 Å². The van der Waals surface area contributed by atoms with Crippen LogP contribution in [0.1, 0.15) is 19.4 Å². The Bertz CT molecular complexity index is 478. The summed E-state index contributed by atoms with van der Waals surface area (Å²) in [6.07, 6.45) is 0. The molecule has 0 aliphatic carbocycles. The summed E-state index contributed by atoms with van der Waals surface area (Å²) in [5.41, 5.74) is 5.86. The molecule has 3 N–H and O–H groups in total. The molecule has 5 nitrogen and oxygen atoms in total. The van der Waals surface area contributed by atoms with Crippen molar-refractivity contribution in [1.29, 1.82) is 0 Å². The number of hydrogen-bond donors (Lipinski definition) is 2. The Morgan fingerprint density at radius 3 is 2.65 bits per heavy atom. The predicted molar refractivity (Wildman–Crippen MR) is 79.0 cm³/mol. The molecule has 0 unspecified atom stereocenters. The van der Waals surface area contributed by atoms with Crippen LogP contribution in [0.5, 0.6) is 11.5 Å². The van der Waals surface area contributed by atoms with Gasteiger partial charge in [-0.1, -0.05) is 25.4 Å². The van der Waals surface area contributed by atoms with Crippen LogP contribution in [0.2, 0.25) is 5.02 Å². The first-order valence-electron chi connectivity index (χ1n) is 6.39. The van der Waals surface area contributed by atoms with Gasteiger partial charge in [0.1, 0.15) is 0 Å². The van der Waals surface area contributed by atoms with Gasteiger partial charge < -0.3 is 15.6 Å². The Hall–Kier alpha value is -1.46. The zero-order chi connectivity index (χ0) is 15.3. The SMILES string of the molecule is COc1cc(Cl)cc(CN(CC(N)=O)CC(C)C)c1O. The number of nitrogens with two attached hydrogens (primary N) is 1. The van der Waals surface area contributed by atoms with E-state index in [9.17, 15) is 9.90 Å². The Balaban J connectivity index is 2.97. The summed E-state index contributed by atoms with van der Waals surface area (Å²) < 4.78 is 5.07. The standard InChI is InChI=1S/C14H21ClN2O3/c1-9(2)6-17(8-13(16)18)7-10-4-11(15)5-12(20-3)14(10)19/h4-5,9,19H,6-8H2,1-3H3,(H2,16,18). The number of primary amides is 1. The van der Waals surface area contributed by atoms with Crippen molar-refractivity contribution in [1.82, 2.24) is 4.90 Å². The summed E-state index contributed by atoms with van der Waals surface area (Å²) in [4.78, 5) is 13.0. The van der Waals surface area contributed by atoms with E-state index in [0.29, 0.717) is 35.3 Å². The number of benzene rings is 1. The van der Waals surface area contributed by atoms with Crippen LogP contribution in [-0.2, 0) is 11.3 Å². The van der Waals surface area contributed by atoms with E-state index in [1.807, 2.05) is 18.7 Å². The number of methoxy groups -OCH3 is 1. The lowest BCUT2D eigenvalue weighted by Crippen LogP contribution is -2.35. The minimum Gasteiger partial charge on any atom is -0.504 e. The van der Waals surface area contributed by atoms with E-state index in [-0.39, 0.29) is 12.3 Å². The summed E-state index contributed by atoms with van der Waals surface area (Å²) in [6, 6.07) is 3.20. The first-order valence-corrected chi connectivity index (χ1v) is 6.77. The number of amides is 1. The number of nitrogens with zero attached hydrogens (tertiary/aromatic N) is 1. The van der Waals surface area contributed by atoms with Crippen LogP contribution < -0.4 is 10.5 Å². The van der Waals surface area contributed by atoms with E-state index in [1.165, 1.54) is 7.11 Å². The van der Waals surface area contributed by atoms with Crippen LogP contribution in [0.4, 0.5) is 0 Å². The topological polar surface area (TPSA) is 75.8 Å². The maximum Gasteiger partial charge on any atom is 0.231 e. The van der Waals surface area contributed by atoms with Gasteiger partial charge in [0.05, 0.1) is 13.7 Å². The molecular weight excluding hydrogens is 280 g/mol. The van der Waals surface area contributed by atoms with E-state index in [1.54, 1.807) is 12.1 Å². The monoisotopic (exact) mass is 300 g/mol. The van der Waals surface area contributed by atoms with E-state index in [0.717, 1.165) is 0 Å². The zero-order valence-corrected chi connectivity index (χ0v) is 12.8. The van der Waals surface area contributed by atoms with Gasteiger partial charge in [-0.15, -0.1) is 0 Å². The third-order valence-corrected chi connectivity index (χ3v) is 2.95. The number of rotatable bonds is 7. The highest BCUT2D eigenvalue weighted by Gasteiger charge is 2.16. The van der Waals surface area contributed by atoms with Crippen molar-refractivity contribution in [3.63, 3.8) is 0 Å². The summed E-state index contributed by atoms with van der Waals surface area (Å²) in [5.74, 6) is 0.322. The van der Waals surface area contributed by atoms with E-state index in [2.05, 4.69) is 0 Å². The maximum atomic E-state index is 11.1. The molecule has 0 heterocycles. The van der Waals surface area contributed by atoms with Gasteiger partial charge in [0.25, 0.3) is 0 Å². The van der Waals surface area contributed by atoms with Crippen LogP contribution in [-0.4, -0.2) is 36.1 Å². The Morgan fingerprint density at radius 1 is 1.50 bits per heavy atom. The molecule has 1 aromatic rings. The molecule has 20 heavy (non-hydrogen) atoms. The van der Waals surface area contributed by atoms with Gasteiger partial charge in [0.2, 0.25) is 5.91 Å². The molecule has 0 radical (unpaired) electrons. The normalized spacial score (nSPS) is 11.1. The van der Waals surface area contributed by atoms with Crippen molar-refractivity contribution >= 4 is 17.5 Å². The van der Waals surface area contributed by atoms with Crippen LogP contribution in [0, 0.1) is 5.92 Å². The summed E-state index contributed by atoms with van der Waals surface area (Å²) in [5, 5.41) is 10.6. The summed E-state index contributed by atoms with van der Waals surface area (Å²) in [6.45, 7) is 5.30. The summed E-state index contributed by atoms with van der Waals surface area (Å²) in [7, 11) is 1.46. The Labute approximate surface area is 124 Å². The number of carbonyl (C=O) groups excluding carboxylic acids is 1. The van der Waals surface area contributed by atoms with Crippen molar-refractivity contribution < 1.29 is 14.6 Å². The lowest BCUT2D eigenvalue weighted by atomic mass is 10.1. The molecule has 0 aromatic heterocycles. The Kier molecular flexibility index (Phi) is 6.10. The van der Waals surface area contributed by atoms with Crippen molar-refractivity contribution in [2.24, 2.45) is 11.7 Å². The minimum absolute atomic E-state index is 0.0372. The largest absolute Gasteiger partial charge is 0.504 e. The van der Waals surface area contributed by atoms with Crippen molar-refractivity contribution in [3.05, 3.63) is 22.7 Å². The smallest absolute Gasteiger partial charge is 0.231 e. The molecule has 0 aliphatic heterocycles. The van der Waals surface area contributed by atoms with Crippen LogP contribution >= 0.6 is 11.6 Å². The number of aromatic hydroxyl groups is 1. The van der Waals surface area contributed by atoms with Crippen LogP contribution in [0.3, 0.4) is 0 Å². The van der Waals surface area contributed by atoms with E-state index >= 15 is 0 Å². The van der Waals surface area contributed by atoms with Gasteiger partial charge in [-0.25, -0.2) is 0 Å². The quantitative estimate of drug-likeness (QED) is 0.807. The Morgan fingerprint density at radius 2 is 2.15 bits per heavy atom. The number of phenolic OH excluding ortho intramolecular Hbond substituents is 1. The lowest BCUT2D eigenvalue weighted by molar-refractivity contribution is -0.119. The average molecular weight is 301 g/mol. The third-order valence-electron chi connectivity index (χ3n) is 2.74. The number of halogens is 1. The fourth-order valence-corrected chi connectivity index (χ4v) is 2.30. The highest BCUT2D eigenvalue weighted by atomic mass is 35.5. The fourth-order valence-electron chi connectivity index (χ4n) is 2.07. The third kappa shape index (κ3) is 4.90. The first-order chi connectivity index (χ1) is 9.33. The molecule has 0 fully saturated rings. The zero-order valence-electron chi connectivity index (χ0n) is 12.0. The molecule has 0 saturated heterocycles. The molecular formula is C14H21ClN2O3. The highest BCUT2D eigenvalue weighted by Crippen LogP contribution is 2.34. The van der Waals surface area contributed by atoms with Gasteiger partial charge in [-0.05, 0) is 12.0 Å². The molecule has 6 heteroatoms.